The lowest BCUT2D eigenvalue weighted by Gasteiger charge is -2.12. The number of thiophene rings is 1. The number of thioether (sulfide) groups is 1. The number of rotatable bonds is 8. The number of unbranched alkanes of at least 4 members (excludes halogenated alkanes) is 1. The normalized spacial score (nSPS) is 11.0. The summed E-state index contributed by atoms with van der Waals surface area (Å²) in [6, 6.07) is 6.48. The van der Waals surface area contributed by atoms with Gasteiger partial charge in [0, 0.05) is 17.1 Å². The largest absolute Gasteiger partial charge is 0.465 e. The number of anilines is 1. The molecule has 0 bridgehead atoms. The van der Waals surface area contributed by atoms with Gasteiger partial charge in [0.1, 0.15) is 4.83 Å². The second-order valence-electron chi connectivity index (χ2n) is 7.07. The Bertz CT molecular complexity index is 1170. The highest BCUT2D eigenvalue weighted by Crippen LogP contribution is 2.28. The Labute approximate surface area is 188 Å². The average molecular weight is 460 g/mol. The Kier molecular flexibility index (Phi) is 7.50. The molecule has 3 rings (SSSR count). The van der Waals surface area contributed by atoms with Crippen molar-refractivity contribution in [3.63, 3.8) is 0 Å². The number of nitrogens with zero attached hydrogens (tertiary/aromatic N) is 2. The first kappa shape index (κ1) is 23.0. The predicted molar refractivity (Wildman–Crippen MR) is 125 cm³/mol. The zero-order valence-electron chi connectivity index (χ0n) is 18.0. The molecule has 0 aliphatic rings. The van der Waals surface area contributed by atoms with Gasteiger partial charge < -0.3 is 10.1 Å². The van der Waals surface area contributed by atoms with Crippen molar-refractivity contribution in [1.82, 2.24) is 9.55 Å². The van der Waals surface area contributed by atoms with E-state index in [1.165, 1.54) is 30.2 Å². The maximum atomic E-state index is 13.1. The van der Waals surface area contributed by atoms with Gasteiger partial charge in [-0.25, -0.2) is 9.78 Å². The summed E-state index contributed by atoms with van der Waals surface area (Å²) >= 11 is 2.76. The van der Waals surface area contributed by atoms with Crippen molar-refractivity contribution < 1.29 is 14.3 Å². The molecule has 1 aromatic carbocycles. The number of benzene rings is 1. The van der Waals surface area contributed by atoms with E-state index in [-0.39, 0.29) is 17.2 Å². The first-order chi connectivity index (χ1) is 14.8. The quantitative estimate of drug-likeness (QED) is 0.305. The number of ether oxygens (including phenoxy) is 1. The summed E-state index contributed by atoms with van der Waals surface area (Å²) in [4.78, 5) is 43.6. The lowest BCUT2D eigenvalue weighted by molar-refractivity contribution is -0.113. The van der Waals surface area contributed by atoms with Gasteiger partial charge in [-0.3, -0.25) is 14.2 Å². The van der Waals surface area contributed by atoms with Crippen LogP contribution in [-0.4, -0.2) is 34.3 Å². The standard InChI is InChI=1S/C22H25N3O4S2/c1-5-6-11-25-20(27)18-13(2)14(3)31-19(18)24-22(25)30-12-17(26)23-16-9-7-15(8-10-16)21(28)29-4/h7-10H,5-6,11-12H2,1-4H3,(H,23,26). The van der Waals surface area contributed by atoms with Crippen molar-refractivity contribution >= 4 is 50.9 Å². The zero-order valence-corrected chi connectivity index (χ0v) is 19.6. The van der Waals surface area contributed by atoms with E-state index in [2.05, 4.69) is 17.0 Å². The third kappa shape index (κ3) is 5.16. The van der Waals surface area contributed by atoms with Crippen LogP contribution in [0.2, 0.25) is 0 Å². The first-order valence-corrected chi connectivity index (χ1v) is 11.8. The molecule has 0 fully saturated rings. The highest BCUT2D eigenvalue weighted by atomic mass is 32.2. The number of nitrogens with one attached hydrogen (secondary N) is 1. The smallest absolute Gasteiger partial charge is 0.337 e. The van der Waals surface area contributed by atoms with Gasteiger partial charge in [0.2, 0.25) is 5.91 Å². The van der Waals surface area contributed by atoms with Crippen molar-refractivity contribution in [2.75, 3.05) is 18.2 Å². The fourth-order valence-corrected chi connectivity index (χ4v) is 4.96. The number of carbonyl (C=O) groups excluding carboxylic acids is 2. The summed E-state index contributed by atoms with van der Waals surface area (Å²) in [7, 11) is 1.32. The summed E-state index contributed by atoms with van der Waals surface area (Å²) < 4.78 is 6.36. The number of esters is 1. The molecule has 9 heteroatoms. The Morgan fingerprint density at radius 3 is 2.58 bits per heavy atom. The highest BCUT2D eigenvalue weighted by Gasteiger charge is 2.17. The molecule has 0 saturated carbocycles. The Morgan fingerprint density at radius 2 is 1.94 bits per heavy atom. The van der Waals surface area contributed by atoms with E-state index < -0.39 is 5.97 Å². The van der Waals surface area contributed by atoms with E-state index in [4.69, 9.17) is 4.98 Å². The molecule has 0 unspecified atom stereocenters. The summed E-state index contributed by atoms with van der Waals surface area (Å²) in [5, 5.41) is 4.04. The number of fused-ring (bicyclic) bond motifs is 1. The summed E-state index contributed by atoms with van der Waals surface area (Å²) in [6.45, 7) is 6.59. The van der Waals surface area contributed by atoms with Crippen LogP contribution >= 0.6 is 23.1 Å². The minimum absolute atomic E-state index is 0.0402. The molecule has 1 N–H and O–H groups in total. The summed E-state index contributed by atoms with van der Waals surface area (Å²) in [6.07, 6.45) is 1.82. The number of aryl methyl sites for hydroxylation is 2. The second-order valence-corrected chi connectivity index (χ2v) is 9.22. The molecule has 2 aromatic heterocycles. The van der Waals surface area contributed by atoms with Gasteiger partial charge in [-0.05, 0) is 50.1 Å². The number of carbonyl (C=O) groups is 2. The average Bonchev–Trinajstić information content (AvgIpc) is 3.05. The minimum atomic E-state index is -0.431. The Morgan fingerprint density at radius 1 is 1.23 bits per heavy atom. The third-order valence-electron chi connectivity index (χ3n) is 4.91. The fraction of sp³-hybridized carbons (Fsp3) is 0.364. The summed E-state index contributed by atoms with van der Waals surface area (Å²) in [5.41, 5.74) is 1.93. The monoisotopic (exact) mass is 459 g/mol. The van der Waals surface area contributed by atoms with Gasteiger partial charge in [-0.2, -0.15) is 0 Å². The SMILES string of the molecule is CCCCn1c(SCC(=O)Nc2ccc(C(=O)OC)cc2)nc2sc(C)c(C)c2c1=O. The topological polar surface area (TPSA) is 90.3 Å². The number of methoxy groups -OCH3 is 1. The molecule has 1 amide bonds. The van der Waals surface area contributed by atoms with E-state index in [1.807, 2.05) is 13.8 Å². The molecular formula is C22H25N3O4S2. The lowest BCUT2D eigenvalue weighted by Crippen LogP contribution is -2.24. The molecule has 3 aromatic rings. The van der Waals surface area contributed by atoms with E-state index >= 15 is 0 Å². The van der Waals surface area contributed by atoms with Crippen molar-refractivity contribution in [2.24, 2.45) is 0 Å². The molecule has 0 spiro atoms. The highest BCUT2D eigenvalue weighted by molar-refractivity contribution is 7.99. The molecule has 0 aliphatic heterocycles. The van der Waals surface area contributed by atoms with Gasteiger partial charge in [-0.15, -0.1) is 11.3 Å². The molecule has 0 radical (unpaired) electrons. The van der Waals surface area contributed by atoms with Crippen LogP contribution < -0.4 is 10.9 Å². The van der Waals surface area contributed by atoms with Crippen LogP contribution in [0, 0.1) is 13.8 Å². The molecular weight excluding hydrogens is 434 g/mol. The fourth-order valence-electron chi connectivity index (χ4n) is 3.07. The third-order valence-corrected chi connectivity index (χ3v) is 6.99. The van der Waals surface area contributed by atoms with Gasteiger partial charge in [0.15, 0.2) is 5.16 Å². The van der Waals surface area contributed by atoms with Crippen LogP contribution in [0.1, 0.15) is 40.6 Å². The van der Waals surface area contributed by atoms with Gasteiger partial charge >= 0.3 is 5.97 Å². The molecule has 0 aliphatic carbocycles. The second kappa shape index (κ2) is 10.1. The predicted octanol–water partition coefficient (Wildman–Crippen LogP) is 4.39. The van der Waals surface area contributed by atoms with Crippen LogP contribution in [0.15, 0.2) is 34.2 Å². The van der Waals surface area contributed by atoms with Gasteiger partial charge in [0.25, 0.3) is 5.56 Å². The van der Waals surface area contributed by atoms with Crippen molar-refractivity contribution in [3.05, 3.63) is 50.6 Å². The Hall–Kier alpha value is -2.65. The van der Waals surface area contributed by atoms with E-state index in [9.17, 15) is 14.4 Å². The number of amides is 1. The first-order valence-electron chi connectivity index (χ1n) is 9.97. The van der Waals surface area contributed by atoms with Crippen LogP contribution in [0.3, 0.4) is 0 Å². The molecule has 164 valence electrons. The number of hydrogen-bond donors (Lipinski definition) is 1. The molecule has 2 heterocycles. The van der Waals surface area contributed by atoms with Crippen LogP contribution in [-0.2, 0) is 16.1 Å². The van der Waals surface area contributed by atoms with Crippen LogP contribution in [0.4, 0.5) is 5.69 Å². The van der Waals surface area contributed by atoms with Crippen LogP contribution in [0.25, 0.3) is 10.2 Å². The van der Waals surface area contributed by atoms with Gasteiger partial charge in [-0.1, -0.05) is 25.1 Å². The van der Waals surface area contributed by atoms with E-state index in [0.29, 0.717) is 33.2 Å². The maximum absolute atomic E-state index is 13.1. The zero-order chi connectivity index (χ0) is 22.5. The molecule has 0 atom stereocenters. The van der Waals surface area contributed by atoms with Gasteiger partial charge in [0.05, 0.1) is 23.8 Å². The van der Waals surface area contributed by atoms with Crippen molar-refractivity contribution in [1.29, 1.82) is 0 Å². The van der Waals surface area contributed by atoms with E-state index in [1.54, 1.807) is 28.8 Å². The van der Waals surface area contributed by atoms with E-state index in [0.717, 1.165) is 23.3 Å². The van der Waals surface area contributed by atoms with Crippen LogP contribution in [0.5, 0.6) is 0 Å². The molecule has 0 saturated heterocycles. The Balaban J connectivity index is 1.77. The number of hydrogen-bond acceptors (Lipinski definition) is 7. The molecule has 31 heavy (non-hydrogen) atoms. The minimum Gasteiger partial charge on any atom is -0.465 e. The molecule has 7 nitrogen and oxygen atoms in total. The van der Waals surface area contributed by atoms with Crippen molar-refractivity contribution in [3.8, 4) is 0 Å². The maximum Gasteiger partial charge on any atom is 0.337 e. The van der Waals surface area contributed by atoms with Crippen molar-refractivity contribution in [2.45, 2.75) is 45.3 Å². The summed E-state index contributed by atoms with van der Waals surface area (Å²) in [5.74, 6) is -0.531. The number of aromatic nitrogens is 2. The lowest BCUT2D eigenvalue weighted by atomic mass is 10.2.